The van der Waals surface area contributed by atoms with Crippen molar-refractivity contribution >= 4 is 15.5 Å². The first-order valence-corrected chi connectivity index (χ1v) is 14.0. The molecule has 1 N–H and O–H groups in total. The second-order valence-corrected chi connectivity index (χ2v) is 10.6. The fourth-order valence-corrected chi connectivity index (χ4v) is 5.69. The third-order valence-electron chi connectivity index (χ3n) is 5.87. The first-order chi connectivity index (χ1) is 17.8. The minimum atomic E-state index is -3.86. The van der Waals surface area contributed by atoms with E-state index < -0.39 is 10.0 Å². The first kappa shape index (κ1) is 28.8. The van der Waals surface area contributed by atoms with E-state index in [4.69, 9.17) is 14.2 Å². The largest absolute Gasteiger partial charge is 0.493 e. The van der Waals surface area contributed by atoms with Crippen molar-refractivity contribution in [1.82, 2.24) is 23.9 Å². The lowest BCUT2D eigenvalue weighted by Gasteiger charge is -2.23. The molecule has 0 bridgehead atoms. The van der Waals surface area contributed by atoms with Gasteiger partial charge in [0.1, 0.15) is 11.6 Å². The van der Waals surface area contributed by atoms with Crippen LogP contribution >= 0.6 is 0 Å². The maximum absolute atomic E-state index is 13.7. The average molecular weight is 536 g/mol. The number of benzene rings is 1. The van der Waals surface area contributed by atoms with Crippen LogP contribution in [0.2, 0.25) is 0 Å². The van der Waals surface area contributed by atoms with Gasteiger partial charge in [-0.15, -0.1) is 5.10 Å². The van der Waals surface area contributed by atoms with Gasteiger partial charge in [-0.2, -0.15) is 4.31 Å². The monoisotopic (exact) mass is 535 g/mol. The van der Waals surface area contributed by atoms with Gasteiger partial charge in [0.25, 0.3) is 5.56 Å². The van der Waals surface area contributed by atoms with Gasteiger partial charge in [-0.25, -0.2) is 17.9 Å². The van der Waals surface area contributed by atoms with Gasteiger partial charge in [0, 0.05) is 46.9 Å². The Morgan fingerprint density at radius 1 is 1.08 bits per heavy atom. The smallest absolute Gasteiger partial charge is 0.277 e. The molecule has 204 valence electrons. The van der Waals surface area contributed by atoms with E-state index in [1.165, 1.54) is 16.4 Å². The lowest BCUT2D eigenvalue weighted by atomic mass is 10.2. The van der Waals surface area contributed by atoms with Gasteiger partial charge in [-0.1, -0.05) is 6.92 Å². The summed E-state index contributed by atoms with van der Waals surface area (Å²) in [7, 11) is -0.694. The Morgan fingerprint density at radius 3 is 2.35 bits per heavy atom. The summed E-state index contributed by atoms with van der Waals surface area (Å²) in [5.74, 6) is 1.30. The summed E-state index contributed by atoms with van der Waals surface area (Å²) in [6.45, 7) is 7.48. The van der Waals surface area contributed by atoms with Crippen LogP contribution in [0.3, 0.4) is 0 Å². The molecular weight excluding hydrogens is 498 g/mol. The van der Waals surface area contributed by atoms with Gasteiger partial charge in [-0.05, 0) is 51.3 Å². The van der Waals surface area contributed by atoms with Crippen molar-refractivity contribution in [3.05, 3.63) is 40.1 Å². The maximum Gasteiger partial charge on any atom is 0.277 e. The third-order valence-corrected chi connectivity index (χ3v) is 7.77. The van der Waals surface area contributed by atoms with Crippen molar-refractivity contribution in [1.29, 1.82) is 0 Å². The van der Waals surface area contributed by atoms with Crippen LogP contribution in [-0.4, -0.2) is 79.4 Å². The van der Waals surface area contributed by atoms with E-state index in [1.54, 1.807) is 31.7 Å². The molecule has 0 aliphatic heterocycles. The van der Waals surface area contributed by atoms with Crippen molar-refractivity contribution in [2.75, 3.05) is 47.1 Å². The summed E-state index contributed by atoms with van der Waals surface area (Å²) in [5, 5.41) is 4.66. The van der Waals surface area contributed by atoms with Gasteiger partial charge < -0.3 is 19.2 Å². The molecule has 2 aromatic heterocycles. The third kappa shape index (κ3) is 6.56. The van der Waals surface area contributed by atoms with Crippen LogP contribution in [0, 0.1) is 6.92 Å². The molecule has 0 radical (unpaired) electrons. The summed E-state index contributed by atoms with van der Waals surface area (Å²) in [4.78, 5) is 20.4. The molecule has 0 saturated carbocycles. The molecule has 11 nitrogen and oxygen atoms in total. The number of sulfonamides is 1. The fraction of sp³-hybridized carbons (Fsp3) is 0.560. The number of hydrogen-bond acceptors (Lipinski definition) is 8. The van der Waals surface area contributed by atoms with E-state index in [9.17, 15) is 13.2 Å². The number of H-pyrrole nitrogens is 1. The van der Waals surface area contributed by atoms with Crippen molar-refractivity contribution in [2.24, 2.45) is 0 Å². The number of hydrogen-bond donors (Lipinski definition) is 1. The highest BCUT2D eigenvalue weighted by molar-refractivity contribution is 7.89. The Kier molecular flexibility index (Phi) is 10.2. The molecule has 0 atom stereocenters. The van der Waals surface area contributed by atoms with Crippen LogP contribution in [0.4, 0.5) is 0 Å². The van der Waals surface area contributed by atoms with Crippen LogP contribution in [-0.2, 0) is 25.9 Å². The number of methoxy groups -OCH3 is 2. The van der Waals surface area contributed by atoms with Crippen LogP contribution in [0.15, 0.2) is 27.9 Å². The Balaban J connectivity index is 2.12. The molecule has 2 heterocycles. The summed E-state index contributed by atoms with van der Waals surface area (Å²) < 4.78 is 46.4. The van der Waals surface area contributed by atoms with Crippen molar-refractivity contribution in [3.63, 3.8) is 0 Å². The molecule has 3 aromatic rings. The molecule has 0 amide bonds. The number of aryl methyl sites for hydroxylation is 2. The Morgan fingerprint density at radius 2 is 1.76 bits per heavy atom. The van der Waals surface area contributed by atoms with Crippen molar-refractivity contribution in [3.8, 4) is 17.1 Å². The van der Waals surface area contributed by atoms with Gasteiger partial charge in [0.15, 0.2) is 11.3 Å². The molecule has 0 aliphatic rings. The highest BCUT2D eigenvalue weighted by atomic mass is 32.2. The van der Waals surface area contributed by atoms with Gasteiger partial charge >= 0.3 is 0 Å². The maximum atomic E-state index is 13.7. The zero-order valence-corrected chi connectivity index (χ0v) is 23.1. The lowest BCUT2D eigenvalue weighted by molar-refractivity contribution is 0.175. The summed E-state index contributed by atoms with van der Waals surface area (Å²) in [6.07, 6.45) is 2.59. The molecule has 1 aromatic carbocycles. The fourth-order valence-electron chi connectivity index (χ4n) is 4.15. The molecule has 0 aliphatic carbocycles. The van der Waals surface area contributed by atoms with Crippen molar-refractivity contribution in [2.45, 2.75) is 51.3 Å². The number of fused-ring (bicyclic) bond motifs is 1. The number of nitrogens with one attached hydrogen (secondary N) is 1. The number of aromatic nitrogens is 4. The SMILES string of the molecule is CCCc1nc(C)c2c(=O)[nH]c(-c3cc(S(=O)(=O)N(CCCOC)CCCOC)ccc3OCC)nn12. The van der Waals surface area contributed by atoms with E-state index in [0.717, 1.165) is 6.42 Å². The first-order valence-electron chi connectivity index (χ1n) is 12.5. The number of ether oxygens (including phenoxy) is 3. The van der Waals surface area contributed by atoms with Gasteiger partial charge in [-0.3, -0.25) is 4.79 Å². The van der Waals surface area contributed by atoms with E-state index in [-0.39, 0.29) is 16.3 Å². The normalized spacial score (nSPS) is 12.1. The van der Waals surface area contributed by atoms with Crippen LogP contribution in [0.25, 0.3) is 16.9 Å². The molecule has 0 spiro atoms. The molecule has 0 unspecified atom stereocenters. The van der Waals surface area contributed by atoms with Crippen LogP contribution < -0.4 is 10.3 Å². The molecule has 12 heteroatoms. The minimum absolute atomic E-state index is 0.0825. The zero-order valence-electron chi connectivity index (χ0n) is 22.2. The Labute approximate surface area is 217 Å². The number of aromatic amines is 1. The number of imidazole rings is 1. The van der Waals surface area contributed by atoms with E-state index in [1.807, 2.05) is 13.8 Å². The van der Waals surface area contributed by atoms with E-state index >= 15 is 0 Å². The van der Waals surface area contributed by atoms with E-state index in [2.05, 4.69) is 15.1 Å². The Hall–Kier alpha value is -2.80. The topological polar surface area (TPSA) is 128 Å². The zero-order chi connectivity index (χ0) is 27.0. The summed E-state index contributed by atoms with van der Waals surface area (Å²) in [5.41, 5.74) is 0.988. The predicted molar refractivity (Wildman–Crippen MR) is 141 cm³/mol. The highest BCUT2D eigenvalue weighted by Crippen LogP contribution is 2.31. The van der Waals surface area contributed by atoms with Gasteiger partial charge in [0.05, 0.1) is 22.8 Å². The predicted octanol–water partition coefficient (Wildman–Crippen LogP) is 2.81. The average Bonchev–Trinajstić information content (AvgIpc) is 3.19. The number of nitrogens with zero attached hydrogens (tertiary/aromatic N) is 4. The van der Waals surface area contributed by atoms with Gasteiger partial charge in [0.2, 0.25) is 10.0 Å². The van der Waals surface area contributed by atoms with Crippen molar-refractivity contribution < 1.29 is 22.6 Å². The van der Waals surface area contributed by atoms with Crippen LogP contribution in [0.1, 0.15) is 44.6 Å². The second-order valence-electron chi connectivity index (χ2n) is 8.61. The highest BCUT2D eigenvalue weighted by Gasteiger charge is 2.26. The van der Waals surface area contributed by atoms with Crippen LogP contribution in [0.5, 0.6) is 5.75 Å². The quantitative estimate of drug-likeness (QED) is 0.294. The standard InChI is InChI=1S/C25H37N5O6S/c1-6-10-22-26-18(3)23-25(31)27-24(28-30(22)23)20-17-19(11-12-21(20)36-7-2)37(32,33)29(13-8-15-34-4)14-9-16-35-5/h11-12,17H,6-10,13-16H2,1-5H3,(H,27,28,31). The Bertz CT molecular complexity index is 1340. The minimum Gasteiger partial charge on any atom is -0.493 e. The lowest BCUT2D eigenvalue weighted by Crippen LogP contribution is -2.34. The molecular formula is C25H37N5O6S. The molecule has 3 rings (SSSR count). The molecule has 0 saturated heterocycles. The second kappa shape index (κ2) is 13.1. The molecule has 37 heavy (non-hydrogen) atoms. The summed E-state index contributed by atoms with van der Waals surface area (Å²) >= 11 is 0. The number of rotatable bonds is 15. The molecule has 0 fully saturated rings. The van der Waals surface area contributed by atoms with E-state index in [0.29, 0.717) is 80.5 Å². The summed E-state index contributed by atoms with van der Waals surface area (Å²) in [6, 6.07) is 4.63.